The van der Waals surface area contributed by atoms with Crippen LogP contribution in [0.25, 0.3) is 0 Å². The number of anilines is 1. The first kappa shape index (κ1) is 16.2. The van der Waals surface area contributed by atoms with Crippen LogP contribution in [0, 0.1) is 0 Å². The van der Waals surface area contributed by atoms with Crippen molar-refractivity contribution in [2.75, 3.05) is 19.0 Å². The predicted molar refractivity (Wildman–Crippen MR) is 73.5 cm³/mol. The van der Waals surface area contributed by atoms with Crippen LogP contribution in [0.1, 0.15) is 33.1 Å². The fourth-order valence-corrected chi connectivity index (χ4v) is 1.55. The van der Waals surface area contributed by atoms with Gasteiger partial charge >= 0.3 is 5.97 Å². The maximum absolute atomic E-state index is 11.7. The highest BCUT2D eigenvalue weighted by Gasteiger charge is 2.30. The number of carbonyl (C=O) groups is 2. The second-order valence-corrected chi connectivity index (χ2v) is 5.04. The molecule has 112 valence electrons. The Morgan fingerprint density at radius 2 is 2.15 bits per heavy atom. The van der Waals surface area contributed by atoms with E-state index in [-0.39, 0.29) is 5.91 Å². The smallest absolute Gasteiger partial charge is 0.331 e. The van der Waals surface area contributed by atoms with Crippen LogP contribution in [0.5, 0.6) is 0 Å². The molecule has 0 spiro atoms. The first-order valence-electron chi connectivity index (χ1n) is 6.45. The van der Waals surface area contributed by atoms with Crippen LogP contribution in [0.3, 0.4) is 0 Å². The summed E-state index contributed by atoms with van der Waals surface area (Å²) in [6.07, 6.45) is 4.93. The largest absolute Gasteiger partial charge is 0.479 e. The number of hydrogen-bond acceptors (Lipinski definition) is 4. The van der Waals surface area contributed by atoms with E-state index in [1.54, 1.807) is 21.0 Å². The quantitative estimate of drug-likeness (QED) is 0.704. The van der Waals surface area contributed by atoms with E-state index in [1.165, 1.54) is 17.1 Å². The first-order valence-corrected chi connectivity index (χ1v) is 6.45. The Bertz CT molecular complexity index is 468. The van der Waals surface area contributed by atoms with Crippen molar-refractivity contribution < 1.29 is 19.4 Å². The number of hydrogen-bond donors (Lipinski definition) is 2. The Kier molecular flexibility index (Phi) is 5.69. The molecular formula is C13H21N3O4. The van der Waals surface area contributed by atoms with E-state index in [1.807, 2.05) is 0 Å². The summed E-state index contributed by atoms with van der Waals surface area (Å²) in [7, 11) is 1.62. The van der Waals surface area contributed by atoms with Gasteiger partial charge in [-0.15, -0.1) is 0 Å². The molecule has 1 aromatic rings. The van der Waals surface area contributed by atoms with Gasteiger partial charge in [0.05, 0.1) is 11.9 Å². The minimum atomic E-state index is -1.15. The van der Waals surface area contributed by atoms with Gasteiger partial charge in [-0.3, -0.25) is 9.48 Å². The monoisotopic (exact) mass is 283 g/mol. The average molecular weight is 283 g/mol. The molecule has 0 saturated heterocycles. The topological polar surface area (TPSA) is 93.5 Å². The Morgan fingerprint density at radius 3 is 2.75 bits per heavy atom. The molecular weight excluding hydrogens is 262 g/mol. The van der Waals surface area contributed by atoms with Gasteiger partial charge in [-0.1, -0.05) is 0 Å². The molecule has 0 fully saturated rings. The highest BCUT2D eigenvalue weighted by Crippen LogP contribution is 2.17. The number of ether oxygens (including phenoxy) is 1. The van der Waals surface area contributed by atoms with Crippen LogP contribution in [0.2, 0.25) is 0 Å². The lowest BCUT2D eigenvalue weighted by Gasteiger charge is -2.19. The summed E-state index contributed by atoms with van der Waals surface area (Å²) in [5.74, 6) is -1.10. The van der Waals surface area contributed by atoms with Gasteiger partial charge < -0.3 is 15.2 Å². The Morgan fingerprint density at radius 1 is 1.45 bits per heavy atom. The van der Waals surface area contributed by atoms with Crippen LogP contribution in [0.4, 0.5) is 5.69 Å². The molecule has 0 aliphatic rings. The molecule has 0 atom stereocenters. The first-order chi connectivity index (χ1) is 9.37. The van der Waals surface area contributed by atoms with Gasteiger partial charge in [0.2, 0.25) is 5.91 Å². The number of carboxylic acids is 1. The van der Waals surface area contributed by atoms with Gasteiger partial charge in [0.25, 0.3) is 0 Å². The van der Waals surface area contributed by atoms with Crippen molar-refractivity contribution >= 4 is 17.6 Å². The van der Waals surface area contributed by atoms with E-state index >= 15 is 0 Å². The number of aromatic nitrogens is 2. The fraction of sp³-hybridized carbons (Fsp3) is 0.615. The van der Waals surface area contributed by atoms with Gasteiger partial charge in [0.1, 0.15) is 0 Å². The zero-order valence-corrected chi connectivity index (χ0v) is 12.0. The molecule has 0 bridgehead atoms. The second kappa shape index (κ2) is 7.04. The Labute approximate surface area is 117 Å². The molecule has 1 heterocycles. The van der Waals surface area contributed by atoms with Crippen LogP contribution in [-0.2, 0) is 19.9 Å². The van der Waals surface area contributed by atoms with Crippen LogP contribution >= 0.6 is 0 Å². The third-order valence-corrected chi connectivity index (χ3v) is 2.96. The van der Waals surface area contributed by atoms with Gasteiger partial charge in [-0.25, -0.2) is 4.79 Å². The molecule has 7 nitrogen and oxygen atoms in total. The highest BCUT2D eigenvalue weighted by atomic mass is 16.5. The van der Waals surface area contributed by atoms with Gasteiger partial charge in [-0.05, 0) is 26.7 Å². The van der Waals surface area contributed by atoms with Crippen LogP contribution in [-0.4, -0.2) is 40.5 Å². The van der Waals surface area contributed by atoms with E-state index < -0.39 is 11.5 Å². The zero-order valence-electron chi connectivity index (χ0n) is 12.0. The molecule has 2 N–H and O–H groups in total. The SMILES string of the molecule is COCCCCC(=O)Nc1cnn(C(C)(C)C(=O)O)c1. The van der Waals surface area contributed by atoms with Gasteiger partial charge in [0, 0.05) is 26.3 Å². The summed E-state index contributed by atoms with van der Waals surface area (Å²) in [6.45, 7) is 3.72. The van der Waals surface area contributed by atoms with Crippen molar-refractivity contribution in [2.24, 2.45) is 0 Å². The van der Waals surface area contributed by atoms with E-state index in [0.29, 0.717) is 18.7 Å². The maximum Gasteiger partial charge on any atom is 0.331 e. The number of nitrogens with zero attached hydrogens (tertiary/aromatic N) is 2. The number of carbonyl (C=O) groups excluding carboxylic acids is 1. The normalized spacial score (nSPS) is 11.3. The summed E-state index contributed by atoms with van der Waals surface area (Å²) in [5, 5.41) is 15.8. The minimum Gasteiger partial charge on any atom is -0.479 e. The number of rotatable bonds is 8. The molecule has 1 amide bonds. The molecule has 1 rings (SSSR count). The number of methoxy groups -OCH3 is 1. The highest BCUT2D eigenvalue weighted by molar-refractivity contribution is 5.90. The van der Waals surface area contributed by atoms with Crippen LogP contribution < -0.4 is 5.32 Å². The van der Waals surface area contributed by atoms with E-state index in [4.69, 9.17) is 9.84 Å². The van der Waals surface area contributed by atoms with E-state index in [9.17, 15) is 9.59 Å². The van der Waals surface area contributed by atoms with Crippen molar-refractivity contribution in [3.05, 3.63) is 12.4 Å². The molecule has 0 aromatic carbocycles. The van der Waals surface area contributed by atoms with Gasteiger partial charge in [-0.2, -0.15) is 5.10 Å². The Hall–Kier alpha value is -1.89. The summed E-state index contributed by atoms with van der Waals surface area (Å²) in [5.41, 5.74) is -0.655. The molecule has 1 aromatic heterocycles. The second-order valence-electron chi connectivity index (χ2n) is 5.04. The molecule has 0 aliphatic carbocycles. The van der Waals surface area contributed by atoms with E-state index in [2.05, 4.69) is 10.4 Å². The maximum atomic E-state index is 11.7. The van der Waals surface area contributed by atoms with E-state index in [0.717, 1.165) is 12.8 Å². The summed E-state index contributed by atoms with van der Waals surface area (Å²) >= 11 is 0. The molecule has 7 heteroatoms. The lowest BCUT2D eigenvalue weighted by atomic mass is 10.1. The number of aliphatic carboxylic acids is 1. The molecule has 0 radical (unpaired) electrons. The van der Waals surface area contributed by atoms with Crippen molar-refractivity contribution in [3.63, 3.8) is 0 Å². The van der Waals surface area contributed by atoms with Crippen molar-refractivity contribution in [1.82, 2.24) is 9.78 Å². The van der Waals surface area contributed by atoms with Gasteiger partial charge in [0.15, 0.2) is 5.54 Å². The molecule has 20 heavy (non-hydrogen) atoms. The summed E-state index contributed by atoms with van der Waals surface area (Å²) in [4.78, 5) is 22.8. The number of unbranched alkanes of at least 4 members (excludes halogenated alkanes) is 1. The fourth-order valence-electron chi connectivity index (χ4n) is 1.55. The minimum absolute atomic E-state index is 0.117. The van der Waals surface area contributed by atoms with Crippen molar-refractivity contribution in [2.45, 2.75) is 38.6 Å². The molecule has 0 aliphatic heterocycles. The number of carboxylic acid groups (broad SMARTS) is 1. The lowest BCUT2D eigenvalue weighted by molar-refractivity contribution is -0.146. The summed E-state index contributed by atoms with van der Waals surface area (Å²) < 4.78 is 6.22. The zero-order chi connectivity index (χ0) is 15.2. The average Bonchev–Trinajstić information content (AvgIpc) is 2.83. The third-order valence-electron chi connectivity index (χ3n) is 2.96. The van der Waals surface area contributed by atoms with Crippen LogP contribution in [0.15, 0.2) is 12.4 Å². The third kappa shape index (κ3) is 4.34. The number of amides is 1. The number of nitrogens with one attached hydrogen (secondary N) is 1. The standard InChI is InChI=1S/C13H21N3O4/c1-13(2,12(18)19)16-9-10(8-14-16)15-11(17)6-4-5-7-20-3/h8-9H,4-7H2,1-3H3,(H,15,17)(H,18,19). The molecule has 0 unspecified atom stereocenters. The summed E-state index contributed by atoms with van der Waals surface area (Å²) in [6, 6.07) is 0. The van der Waals surface area contributed by atoms with Crippen molar-refractivity contribution in [3.8, 4) is 0 Å². The lowest BCUT2D eigenvalue weighted by Crippen LogP contribution is -2.35. The predicted octanol–water partition coefficient (Wildman–Crippen LogP) is 1.46. The van der Waals surface area contributed by atoms with Crippen molar-refractivity contribution in [1.29, 1.82) is 0 Å². The Balaban J connectivity index is 2.52. The molecule has 0 saturated carbocycles.